The highest BCUT2D eigenvalue weighted by Gasteiger charge is 2.33. The van der Waals surface area contributed by atoms with E-state index in [9.17, 15) is 19.2 Å². The van der Waals surface area contributed by atoms with Crippen LogP contribution in [0.2, 0.25) is 0 Å². The molecular formula is C36H40BrN5O4S4. The van der Waals surface area contributed by atoms with Crippen LogP contribution in [-0.2, 0) is 25.6 Å². The molecule has 0 aliphatic carbocycles. The van der Waals surface area contributed by atoms with Crippen LogP contribution in [0, 0.1) is 0 Å². The zero-order valence-corrected chi connectivity index (χ0v) is 32.8. The van der Waals surface area contributed by atoms with E-state index in [1.807, 2.05) is 53.5 Å². The van der Waals surface area contributed by atoms with Crippen molar-refractivity contribution in [1.82, 2.24) is 24.9 Å². The third-order valence-corrected chi connectivity index (χ3v) is 11.9. The monoisotopic (exact) mass is 813 g/mol. The minimum absolute atomic E-state index is 0.0588. The van der Waals surface area contributed by atoms with E-state index in [4.69, 9.17) is 24.4 Å². The van der Waals surface area contributed by atoms with Crippen molar-refractivity contribution in [3.63, 3.8) is 0 Å². The number of carbonyl (C=O) groups excluding carboxylic acids is 4. The molecule has 3 fully saturated rings. The van der Waals surface area contributed by atoms with Gasteiger partial charge in [-0.1, -0.05) is 107 Å². The Kier molecular flexibility index (Phi) is 14.2. The number of amides is 4. The van der Waals surface area contributed by atoms with E-state index in [-0.39, 0.29) is 23.6 Å². The lowest BCUT2D eigenvalue weighted by Gasteiger charge is -2.34. The van der Waals surface area contributed by atoms with Crippen molar-refractivity contribution in [2.45, 2.75) is 39.0 Å². The zero-order valence-electron chi connectivity index (χ0n) is 27.9. The summed E-state index contributed by atoms with van der Waals surface area (Å²) in [4.78, 5) is 59.7. The third-order valence-electron chi connectivity index (χ3n) is 8.61. The van der Waals surface area contributed by atoms with E-state index in [0.717, 1.165) is 35.1 Å². The van der Waals surface area contributed by atoms with E-state index < -0.39 is 0 Å². The number of nitrogens with one attached hydrogen (secondary N) is 1. The predicted molar refractivity (Wildman–Crippen MR) is 214 cm³/mol. The second-order valence-corrected chi connectivity index (χ2v) is 16.4. The van der Waals surface area contributed by atoms with Crippen LogP contribution < -0.4 is 5.32 Å². The molecule has 0 spiro atoms. The summed E-state index contributed by atoms with van der Waals surface area (Å²) in [5.74, 6) is -0.202. The molecule has 0 bridgehead atoms. The molecule has 3 heterocycles. The van der Waals surface area contributed by atoms with Gasteiger partial charge in [0, 0.05) is 69.7 Å². The highest BCUT2D eigenvalue weighted by molar-refractivity contribution is 9.10. The molecule has 3 saturated heterocycles. The summed E-state index contributed by atoms with van der Waals surface area (Å²) in [7, 11) is 0. The number of halogens is 1. The van der Waals surface area contributed by atoms with E-state index in [2.05, 4.69) is 45.2 Å². The summed E-state index contributed by atoms with van der Waals surface area (Å²) >= 11 is 16.9. The largest absolute Gasteiger partial charge is 0.355 e. The van der Waals surface area contributed by atoms with E-state index in [0.29, 0.717) is 83.4 Å². The van der Waals surface area contributed by atoms with Crippen LogP contribution in [0.3, 0.4) is 0 Å². The number of hydrogen-bond donors (Lipinski definition) is 1. The second kappa shape index (κ2) is 18.6. The minimum atomic E-state index is -0.126. The zero-order chi connectivity index (χ0) is 35.6. The average Bonchev–Trinajstić information content (AvgIpc) is 3.52. The van der Waals surface area contributed by atoms with Crippen molar-refractivity contribution < 1.29 is 19.2 Å². The Labute approximate surface area is 321 Å². The summed E-state index contributed by atoms with van der Waals surface area (Å²) < 4.78 is 1.98. The molecule has 3 aliphatic heterocycles. The molecule has 9 nitrogen and oxygen atoms in total. The number of nitrogens with zero attached hydrogens (tertiary/aromatic N) is 4. The third kappa shape index (κ3) is 10.6. The molecule has 0 aromatic heterocycles. The first-order chi connectivity index (χ1) is 24.1. The lowest BCUT2D eigenvalue weighted by atomic mass is 10.1. The fourth-order valence-corrected chi connectivity index (χ4v) is 8.78. The number of thioether (sulfide) groups is 2. The number of rotatable bonds is 14. The van der Waals surface area contributed by atoms with Gasteiger partial charge in [0.1, 0.15) is 8.64 Å². The fraction of sp³-hybridized carbons (Fsp3) is 0.389. The van der Waals surface area contributed by atoms with Gasteiger partial charge in [0.15, 0.2) is 0 Å². The van der Waals surface area contributed by atoms with Gasteiger partial charge in [-0.3, -0.25) is 33.9 Å². The van der Waals surface area contributed by atoms with Gasteiger partial charge < -0.3 is 10.2 Å². The van der Waals surface area contributed by atoms with Gasteiger partial charge in [0.05, 0.1) is 9.81 Å². The molecule has 14 heteroatoms. The molecule has 3 aliphatic rings. The topological polar surface area (TPSA) is 93.3 Å². The Morgan fingerprint density at radius 2 is 1.42 bits per heavy atom. The van der Waals surface area contributed by atoms with E-state index in [1.54, 1.807) is 9.80 Å². The quantitative estimate of drug-likeness (QED) is 0.184. The Hall–Kier alpha value is -2.88. The standard InChI is InChI=1S/C36H40BrN5O4S4/c1-2-25-10-12-26(13-11-25)23-29-33(45)42(36(48)49-29)16-5-9-32(44)40-20-18-39(19-21-40)17-14-38-31(43)8-4-15-41-34(46)30(50-35(41)47)24-27-6-3-7-28(37)22-27/h3,6-7,10-13,22-24H,2,4-5,8-9,14-21H2,1H3,(H,38,43)/b29-23-,30-24-. The molecule has 0 saturated carbocycles. The number of hydrogen-bond acceptors (Lipinski definition) is 9. The number of piperazine rings is 1. The highest BCUT2D eigenvalue weighted by Crippen LogP contribution is 2.34. The van der Waals surface area contributed by atoms with Crippen molar-refractivity contribution in [2.24, 2.45) is 0 Å². The van der Waals surface area contributed by atoms with Crippen LogP contribution in [0.4, 0.5) is 0 Å². The van der Waals surface area contributed by atoms with Crippen LogP contribution in [0.15, 0.2) is 62.8 Å². The summed E-state index contributed by atoms with van der Waals surface area (Å²) in [6.45, 7) is 6.89. The number of aryl methyl sites for hydroxylation is 1. The maximum atomic E-state index is 13.0. The first kappa shape index (κ1) is 38.4. The molecule has 0 atom stereocenters. The summed E-state index contributed by atoms with van der Waals surface area (Å²) in [6.07, 6.45) is 6.42. The van der Waals surface area contributed by atoms with Crippen LogP contribution >= 0.6 is 63.9 Å². The normalized spacial score (nSPS) is 18.6. The lowest BCUT2D eigenvalue weighted by Crippen LogP contribution is -2.50. The molecule has 4 amide bonds. The Balaban J connectivity index is 0.937. The van der Waals surface area contributed by atoms with Gasteiger partial charge in [-0.05, 0) is 60.2 Å². The molecule has 2 aromatic rings. The lowest BCUT2D eigenvalue weighted by molar-refractivity contribution is -0.133. The van der Waals surface area contributed by atoms with Gasteiger partial charge in [0.2, 0.25) is 11.8 Å². The van der Waals surface area contributed by atoms with Gasteiger partial charge in [-0.25, -0.2) is 0 Å². The molecule has 0 unspecified atom stereocenters. The predicted octanol–water partition coefficient (Wildman–Crippen LogP) is 5.93. The summed E-state index contributed by atoms with van der Waals surface area (Å²) in [5, 5.41) is 2.97. The SMILES string of the molecule is CCc1ccc(/C=C2\SC(=S)N(CCCC(=O)N3CCN(CCNC(=O)CCCN4C(=O)/C(=C/c5cccc(Br)c5)SC4=S)CC3)C2=O)cc1. The maximum Gasteiger partial charge on any atom is 0.266 e. The molecule has 0 radical (unpaired) electrons. The van der Waals surface area contributed by atoms with Crippen LogP contribution in [-0.4, -0.2) is 104 Å². The van der Waals surface area contributed by atoms with Crippen molar-refractivity contribution in [3.8, 4) is 0 Å². The number of benzene rings is 2. The number of carbonyl (C=O) groups is 4. The second-order valence-electron chi connectivity index (χ2n) is 12.1. The summed E-state index contributed by atoms with van der Waals surface area (Å²) in [6, 6.07) is 15.9. The minimum Gasteiger partial charge on any atom is -0.355 e. The van der Waals surface area contributed by atoms with E-state index in [1.165, 1.54) is 29.1 Å². The molecule has 1 N–H and O–H groups in total. The fourth-order valence-electron chi connectivity index (χ4n) is 5.74. The van der Waals surface area contributed by atoms with Gasteiger partial charge in [-0.15, -0.1) is 0 Å². The number of thiocarbonyl (C=S) groups is 2. The smallest absolute Gasteiger partial charge is 0.266 e. The van der Waals surface area contributed by atoms with Crippen LogP contribution in [0.1, 0.15) is 49.3 Å². The van der Waals surface area contributed by atoms with Gasteiger partial charge in [0.25, 0.3) is 11.8 Å². The Morgan fingerprint density at radius 1 is 0.820 bits per heavy atom. The van der Waals surface area contributed by atoms with Gasteiger partial charge >= 0.3 is 0 Å². The Bertz CT molecular complexity index is 1690. The molecule has 5 rings (SSSR count). The van der Waals surface area contributed by atoms with Crippen molar-refractivity contribution in [2.75, 3.05) is 52.4 Å². The first-order valence-corrected chi connectivity index (χ1v) is 20.0. The Morgan fingerprint density at radius 3 is 2.02 bits per heavy atom. The molecule has 264 valence electrons. The van der Waals surface area contributed by atoms with Crippen LogP contribution in [0.25, 0.3) is 12.2 Å². The van der Waals surface area contributed by atoms with Crippen molar-refractivity contribution in [3.05, 3.63) is 79.5 Å². The molecule has 50 heavy (non-hydrogen) atoms. The van der Waals surface area contributed by atoms with Crippen molar-refractivity contribution >= 4 is 108 Å². The van der Waals surface area contributed by atoms with Gasteiger partial charge in [-0.2, -0.15) is 0 Å². The maximum absolute atomic E-state index is 13.0. The highest BCUT2D eigenvalue weighted by atomic mass is 79.9. The van der Waals surface area contributed by atoms with Crippen LogP contribution in [0.5, 0.6) is 0 Å². The van der Waals surface area contributed by atoms with E-state index >= 15 is 0 Å². The molecule has 2 aromatic carbocycles. The van der Waals surface area contributed by atoms with Crippen molar-refractivity contribution in [1.29, 1.82) is 0 Å². The molecular weight excluding hydrogens is 775 g/mol. The average molecular weight is 815 g/mol. The summed E-state index contributed by atoms with van der Waals surface area (Å²) in [5.41, 5.74) is 3.13. The first-order valence-electron chi connectivity index (χ1n) is 16.7.